The van der Waals surface area contributed by atoms with Crippen molar-refractivity contribution in [3.63, 3.8) is 0 Å². The van der Waals surface area contributed by atoms with E-state index in [0.717, 1.165) is 24.6 Å². The number of rotatable bonds is 6. The average molecular weight is 450 g/mol. The van der Waals surface area contributed by atoms with Crippen molar-refractivity contribution in [2.75, 3.05) is 23.3 Å². The molecule has 1 saturated heterocycles. The first-order valence-electron chi connectivity index (χ1n) is 10.9. The van der Waals surface area contributed by atoms with Crippen LogP contribution in [0.2, 0.25) is 5.02 Å². The van der Waals surface area contributed by atoms with Crippen LogP contribution < -0.4 is 15.0 Å². The minimum atomic E-state index is 0.115. The third-order valence-electron chi connectivity index (χ3n) is 6.65. The molecule has 1 N–H and O–H groups in total. The molecule has 2 fully saturated rings. The molecule has 164 valence electrons. The predicted molar refractivity (Wildman–Crippen MR) is 122 cm³/mol. The summed E-state index contributed by atoms with van der Waals surface area (Å²) in [5, 5.41) is 8.90. The number of aryl methyl sites for hydroxylation is 1. The van der Waals surface area contributed by atoms with Crippen molar-refractivity contribution in [2.45, 2.75) is 32.9 Å². The Labute approximate surface area is 191 Å². The van der Waals surface area contributed by atoms with Crippen molar-refractivity contribution < 1.29 is 4.74 Å². The Hall–Kier alpha value is -3.13. The van der Waals surface area contributed by atoms with E-state index in [9.17, 15) is 0 Å². The maximum absolute atomic E-state index is 6.00. The molecule has 0 amide bonds. The summed E-state index contributed by atoms with van der Waals surface area (Å²) >= 11 is 5.98. The quantitative estimate of drug-likeness (QED) is 0.563. The van der Waals surface area contributed by atoms with Gasteiger partial charge in [-0.1, -0.05) is 17.7 Å². The SMILES string of the molecule is Cc1cc(N2C[C@H]3[C@H](Nc4nc(Oc5ccc(Cl)cc5)n(C(C)C)n4)C4=CC43C2)ncn1. The van der Waals surface area contributed by atoms with Gasteiger partial charge in [0.2, 0.25) is 5.95 Å². The summed E-state index contributed by atoms with van der Waals surface area (Å²) in [5.74, 6) is 2.75. The molecular formula is C23H24ClN7O. The van der Waals surface area contributed by atoms with E-state index in [1.165, 1.54) is 5.57 Å². The summed E-state index contributed by atoms with van der Waals surface area (Å²) in [6.45, 7) is 8.06. The Balaban J connectivity index is 1.19. The van der Waals surface area contributed by atoms with Crippen molar-refractivity contribution in [1.29, 1.82) is 0 Å². The lowest BCUT2D eigenvalue weighted by Gasteiger charge is -2.38. The number of anilines is 2. The minimum absolute atomic E-state index is 0.115. The van der Waals surface area contributed by atoms with Crippen LogP contribution in [-0.4, -0.2) is 43.9 Å². The van der Waals surface area contributed by atoms with Crippen LogP contribution in [0.15, 0.2) is 48.3 Å². The zero-order chi connectivity index (χ0) is 22.0. The highest BCUT2D eigenvalue weighted by Gasteiger charge is 2.70. The number of halogens is 1. The van der Waals surface area contributed by atoms with Crippen LogP contribution >= 0.6 is 11.6 Å². The van der Waals surface area contributed by atoms with Gasteiger partial charge in [-0.15, -0.1) is 5.10 Å². The summed E-state index contributed by atoms with van der Waals surface area (Å²) in [4.78, 5) is 15.7. The number of ether oxygens (including phenoxy) is 1. The van der Waals surface area contributed by atoms with Crippen LogP contribution in [0.4, 0.5) is 11.8 Å². The molecule has 8 nitrogen and oxygen atoms in total. The molecule has 2 aliphatic carbocycles. The smallest absolute Gasteiger partial charge is 0.322 e. The fourth-order valence-electron chi connectivity index (χ4n) is 4.99. The molecule has 0 bridgehead atoms. The summed E-state index contributed by atoms with van der Waals surface area (Å²) in [6, 6.07) is 10.1. The lowest BCUT2D eigenvalue weighted by molar-refractivity contribution is 0.302. The third kappa shape index (κ3) is 3.04. The molecule has 9 heteroatoms. The van der Waals surface area contributed by atoms with Crippen LogP contribution in [-0.2, 0) is 0 Å². The molecule has 1 unspecified atom stereocenters. The van der Waals surface area contributed by atoms with E-state index in [-0.39, 0.29) is 17.5 Å². The van der Waals surface area contributed by atoms with E-state index in [4.69, 9.17) is 16.3 Å². The van der Waals surface area contributed by atoms with E-state index in [0.29, 0.717) is 28.6 Å². The summed E-state index contributed by atoms with van der Waals surface area (Å²) in [5.41, 5.74) is 2.67. The second-order valence-corrected chi connectivity index (χ2v) is 9.52. The van der Waals surface area contributed by atoms with Gasteiger partial charge in [0.05, 0.1) is 12.1 Å². The van der Waals surface area contributed by atoms with Gasteiger partial charge in [0.25, 0.3) is 0 Å². The molecule has 2 aromatic heterocycles. The Kier molecular flexibility index (Phi) is 4.24. The van der Waals surface area contributed by atoms with Gasteiger partial charge in [-0.25, -0.2) is 14.6 Å². The number of nitrogens with zero attached hydrogens (tertiary/aromatic N) is 6. The molecule has 3 heterocycles. The van der Waals surface area contributed by atoms with Crippen molar-refractivity contribution in [1.82, 2.24) is 24.7 Å². The molecule has 6 rings (SSSR count). The lowest BCUT2D eigenvalue weighted by atomic mass is 9.69. The van der Waals surface area contributed by atoms with Crippen LogP contribution in [0.5, 0.6) is 11.8 Å². The number of benzene rings is 1. The van der Waals surface area contributed by atoms with Crippen LogP contribution in [0, 0.1) is 18.3 Å². The van der Waals surface area contributed by atoms with Gasteiger partial charge in [-0.05, 0) is 50.6 Å². The van der Waals surface area contributed by atoms with Crippen molar-refractivity contribution in [3.8, 4) is 11.8 Å². The van der Waals surface area contributed by atoms with Crippen molar-refractivity contribution in [2.24, 2.45) is 11.3 Å². The minimum Gasteiger partial charge on any atom is -0.424 e. The van der Waals surface area contributed by atoms with Gasteiger partial charge in [0.15, 0.2) is 0 Å². The molecule has 3 atom stereocenters. The Morgan fingerprint density at radius 3 is 2.78 bits per heavy atom. The van der Waals surface area contributed by atoms with Gasteiger partial charge >= 0.3 is 6.01 Å². The summed E-state index contributed by atoms with van der Waals surface area (Å²) in [6.07, 6.45) is 4.04. The molecule has 32 heavy (non-hydrogen) atoms. The fraction of sp³-hybridized carbons (Fsp3) is 0.391. The van der Waals surface area contributed by atoms with Gasteiger partial charge in [0.1, 0.15) is 17.9 Å². The highest BCUT2D eigenvalue weighted by atomic mass is 35.5. The topological polar surface area (TPSA) is 81.0 Å². The number of hydrogen-bond donors (Lipinski definition) is 1. The molecule has 0 radical (unpaired) electrons. The molecule has 1 aromatic carbocycles. The Morgan fingerprint density at radius 1 is 1.22 bits per heavy atom. The molecule has 3 aliphatic rings. The van der Waals surface area contributed by atoms with Crippen LogP contribution in [0.1, 0.15) is 25.6 Å². The normalized spacial score (nSPS) is 25.2. The number of nitrogens with one attached hydrogen (secondary N) is 1. The van der Waals surface area contributed by atoms with E-state index >= 15 is 0 Å². The maximum atomic E-state index is 6.00. The Bertz CT molecular complexity index is 1220. The first-order chi connectivity index (χ1) is 15.4. The van der Waals surface area contributed by atoms with Gasteiger partial charge < -0.3 is 15.0 Å². The summed E-state index contributed by atoms with van der Waals surface area (Å²) in [7, 11) is 0. The average Bonchev–Trinajstić information content (AvgIpc) is 3.03. The molecule has 1 aliphatic heterocycles. The third-order valence-corrected chi connectivity index (χ3v) is 6.90. The molecular weight excluding hydrogens is 426 g/mol. The first-order valence-corrected chi connectivity index (χ1v) is 11.2. The molecule has 3 aromatic rings. The zero-order valence-electron chi connectivity index (χ0n) is 18.2. The number of hydrogen-bond acceptors (Lipinski definition) is 7. The second kappa shape index (κ2) is 6.93. The molecule has 1 spiro atoms. The second-order valence-electron chi connectivity index (χ2n) is 9.08. The van der Waals surface area contributed by atoms with Gasteiger partial charge in [0, 0.05) is 41.2 Å². The maximum Gasteiger partial charge on any atom is 0.322 e. The first kappa shape index (κ1) is 19.5. The van der Waals surface area contributed by atoms with Crippen LogP contribution in [0.3, 0.4) is 0 Å². The fourth-order valence-corrected chi connectivity index (χ4v) is 5.12. The van der Waals surface area contributed by atoms with E-state index < -0.39 is 0 Å². The monoisotopic (exact) mass is 449 g/mol. The Morgan fingerprint density at radius 2 is 2.03 bits per heavy atom. The zero-order valence-corrected chi connectivity index (χ0v) is 18.9. The van der Waals surface area contributed by atoms with Gasteiger partial charge in [-0.3, -0.25) is 0 Å². The van der Waals surface area contributed by atoms with E-state index in [1.807, 2.05) is 19.1 Å². The van der Waals surface area contributed by atoms with E-state index in [2.05, 4.69) is 56.3 Å². The highest BCUT2D eigenvalue weighted by molar-refractivity contribution is 6.30. The van der Waals surface area contributed by atoms with E-state index in [1.54, 1.807) is 23.1 Å². The number of aromatic nitrogens is 5. The molecule has 1 saturated carbocycles. The van der Waals surface area contributed by atoms with Crippen molar-refractivity contribution in [3.05, 3.63) is 59.0 Å². The van der Waals surface area contributed by atoms with Gasteiger partial charge in [-0.2, -0.15) is 4.98 Å². The largest absolute Gasteiger partial charge is 0.424 e. The van der Waals surface area contributed by atoms with Crippen LogP contribution in [0.25, 0.3) is 0 Å². The lowest BCUT2D eigenvalue weighted by Crippen LogP contribution is -2.46. The van der Waals surface area contributed by atoms with Crippen molar-refractivity contribution >= 4 is 23.4 Å². The standard InChI is InChI=1S/C23H24ClN7O/c1-13(2)31-22(32-16-6-4-15(24)5-7-16)28-21(29-31)27-20-17-9-23(17)11-30(10-18(20)23)19-8-14(3)25-12-26-19/h4-9,12-13,18,20H,10-11H2,1-3H3,(H,27,29)/t18-,20+,23?/m0/s1. The predicted octanol–water partition coefficient (Wildman–Crippen LogP) is 4.26. The summed E-state index contributed by atoms with van der Waals surface area (Å²) < 4.78 is 7.80. The highest BCUT2D eigenvalue weighted by Crippen LogP contribution is 2.68.